The molecular formula is C13H22N2O. The first-order valence-corrected chi connectivity index (χ1v) is 6.13. The van der Waals surface area contributed by atoms with E-state index >= 15 is 0 Å². The lowest BCUT2D eigenvalue weighted by Gasteiger charge is -2.35. The van der Waals surface area contributed by atoms with E-state index in [1.165, 1.54) is 19.3 Å². The van der Waals surface area contributed by atoms with Crippen molar-refractivity contribution in [3.8, 4) is 12.3 Å². The molecule has 0 radical (unpaired) electrons. The molecule has 1 fully saturated rings. The van der Waals surface area contributed by atoms with Gasteiger partial charge in [-0.3, -0.25) is 4.79 Å². The Labute approximate surface area is 98.2 Å². The SMILES string of the molecule is C#CCCNC(=O)CC1(CN)CCCCC1. The van der Waals surface area contributed by atoms with Gasteiger partial charge in [-0.2, -0.15) is 0 Å². The van der Waals surface area contributed by atoms with E-state index in [0.29, 0.717) is 25.9 Å². The topological polar surface area (TPSA) is 55.1 Å². The summed E-state index contributed by atoms with van der Waals surface area (Å²) >= 11 is 0. The van der Waals surface area contributed by atoms with E-state index in [2.05, 4.69) is 11.2 Å². The highest BCUT2D eigenvalue weighted by Gasteiger charge is 2.32. The van der Waals surface area contributed by atoms with E-state index in [1.807, 2.05) is 0 Å². The largest absolute Gasteiger partial charge is 0.355 e. The summed E-state index contributed by atoms with van der Waals surface area (Å²) in [5.41, 5.74) is 5.88. The van der Waals surface area contributed by atoms with Crippen LogP contribution in [-0.4, -0.2) is 19.0 Å². The Morgan fingerprint density at radius 2 is 2.06 bits per heavy atom. The molecule has 90 valence electrons. The Hall–Kier alpha value is -1.01. The summed E-state index contributed by atoms with van der Waals surface area (Å²) in [5.74, 6) is 2.61. The first-order chi connectivity index (χ1) is 7.72. The maximum absolute atomic E-state index is 11.7. The van der Waals surface area contributed by atoms with E-state index < -0.39 is 0 Å². The predicted molar refractivity (Wildman–Crippen MR) is 65.6 cm³/mol. The van der Waals surface area contributed by atoms with Crippen LogP contribution in [0, 0.1) is 17.8 Å². The number of nitrogens with two attached hydrogens (primary N) is 1. The molecule has 1 aliphatic rings. The molecule has 0 heterocycles. The zero-order valence-electron chi connectivity index (χ0n) is 9.93. The molecule has 0 saturated heterocycles. The lowest BCUT2D eigenvalue weighted by atomic mass is 9.71. The second-order valence-electron chi connectivity index (χ2n) is 4.75. The molecule has 3 N–H and O–H groups in total. The minimum Gasteiger partial charge on any atom is -0.355 e. The smallest absolute Gasteiger partial charge is 0.220 e. The van der Waals surface area contributed by atoms with Crippen molar-refractivity contribution in [1.82, 2.24) is 5.32 Å². The Morgan fingerprint density at radius 3 is 2.62 bits per heavy atom. The highest BCUT2D eigenvalue weighted by atomic mass is 16.1. The quantitative estimate of drug-likeness (QED) is 0.546. The summed E-state index contributed by atoms with van der Waals surface area (Å²) in [6.45, 7) is 1.20. The summed E-state index contributed by atoms with van der Waals surface area (Å²) in [4.78, 5) is 11.7. The zero-order valence-corrected chi connectivity index (χ0v) is 9.93. The van der Waals surface area contributed by atoms with Gasteiger partial charge in [0.2, 0.25) is 5.91 Å². The number of amides is 1. The lowest BCUT2D eigenvalue weighted by Crippen LogP contribution is -2.38. The standard InChI is InChI=1S/C13H22N2O/c1-2-3-9-15-12(16)10-13(11-14)7-5-4-6-8-13/h1H,3-11,14H2,(H,15,16). The number of rotatable bonds is 5. The fourth-order valence-electron chi connectivity index (χ4n) is 2.43. The zero-order chi connectivity index (χ0) is 11.9. The fraction of sp³-hybridized carbons (Fsp3) is 0.769. The molecule has 0 unspecified atom stereocenters. The molecule has 1 amide bonds. The van der Waals surface area contributed by atoms with Gasteiger partial charge in [-0.05, 0) is 24.8 Å². The van der Waals surface area contributed by atoms with Crippen molar-refractivity contribution in [2.45, 2.75) is 44.9 Å². The molecule has 16 heavy (non-hydrogen) atoms. The number of hydrogen-bond acceptors (Lipinski definition) is 2. The van der Waals surface area contributed by atoms with Crippen LogP contribution in [0.3, 0.4) is 0 Å². The molecule has 0 aromatic heterocycles. The lowest BCUT2D eigenvalue weighted by molar-refractivity contribution is -0.123. The minimum atomic E-state index is 0.0540. The van der Waals surface area contributed by atoms with Crippen molar-refractivity contribution in [3.63, 3.8) is 0 Å². The molecule has 1 rings (SSSR count). The molecular weight excluding hydrogens is 200 g/mol. The van der Waals surface area contributed by atoms with Crippen molar-refractivity contribution >= 4 is 5.91 Å². The van der Waals surface area contributed by atoms with Crippen LogP contribution < -0.4 is 11.1 Å². The Bertz CT molecular complexity index is 262. The van der Waals surface area contributed by atoms with Gasteiger partial charge in [0.1, 0.15) is 0 Å². The van der Waals surface area contributed by atoms with Gasteiger partial charge in [-0.1, -0.05) is 19.3 Å². The number of terminal acetylenes is 1. The van der Waals surface area contributed by atoms with Crippen molar-refractivity contribution in [3.05, 3.63) is 0 Å². The monoisotopic (exact) mass is 222 g/mol. The molecule has 1 aliphatic carbocycles. The number of carbonyl (C=O) groups excluding carboxylic acids is 1. The minimum absolute atomic E-state index is 0.0540. The van der Waals surface area contributed by atoms with Crippen LogP contribution in [0.5, 0.6) is 0 Å². The molecule has 3 heteroatoms. The summed E-state index contributed by atoms with van der Waals surface area (Å²) in [7, 11) is 0. The van der Waals surface area contributed by atoms with E-state index in [4.69, 9.17) is 12.2 Å². The Morgan fingerprint density at radius 1 is 1.38 bits per heavy atom. The first-order valence-electron chi connectivity index (χ1n) is 6.13. The predicted octanol–water partition coefficient (Wildman–Crippen LogP) is 1.43. The highest BCUT2D eigenvalue weighted by molar-refractivity contribution is 5.76. The van der Waals surface area contributed by atoms with Crippen LogP contribution in [-0.2, 0) is 4.79 Å². The Balaban J connectivity index is 2.37. The van der Waals surface area contributed by atoms with Crippen LogP contribution in [0.4, 0.5) is 0 Å². The van der Waals surface area contributed by atoms with Crippen LogP contribution in [0.15, 0.2) is 0 Å². The molecule has 1 saturated carbocycles. The summed E-state index contributed by atoms with van der Waals surface area (Å²) in [6.07, 6.45) is 12.2. The second-order valence-corrected chi connectivity index (χ2v) is 4.75. The molecule has 0 aromatic rings. The Kier molecular flexibility index (Phi) is 5.34. The fourth-order valence-corrected chi connectivity index (χ4v) is 2.43. The highest BCUT2D eigenvalue weighted by Crippen LogP contribution is 2.38. The molecule has 0 atom stereocenters. The third-order valence-corrected chi connectivity index (χ3v) is 3.47. The maximum atomic E-state index is 11.7. The van der Waals surface area contributed by atoms with Gasteiger partial charge in [-0.25, -0.2) is 0 Å². The van der Waals surface area contributed by atoms with Gasteiger partial charge in [0.15, 0.2) is 0 Å². The maximum Gasteiger partial charge on any atom is 0.220 e. The van der Waals surface area contributed by atoms with Crippen molar-refractivity contribution < 1.29 is 4.79 Å². The van der Waals surface area contributed by atoms with Crippen LogP contribution in [0.2, 0.25) is 0 Å². The number of hydrogen-bond donors (Lipinski definition) is 2. The summed E-state index contributed by atoms with van der Waals surface area (Å²) in [6, 6.07) is 0. The van der Waals surface area contributed by atoms with Crippen molar-refractivity contribution in [2.75, 3.05) is 13.1 Å². The third kappa shape index (κ3) is 3.86. The van der Waals surface area contributed by atoms with E-state index in [9.17, 15) is 4.79 Å². The van der Waals surface area contributed by atoms with Gasteiger partial charge in [0.05, 0.1) is 0 Å². The van der Waals surface area contributed by atoms with Crippen molar-refractivity contribution in [2.24, 2.45) is 11.1 Å². The number of carbonyl (C=O) groups is 1. The summed E-state index contributed by atoms with van der Waals surface area (Å²) < 4.78 is 0. The van der Waals surface area contributed by atoms with Gasteiger partial charge in [0, 0.05) is 19.4 Å². The van der Waals surface area contributed by atoms with Gasteiger partial charge < -0.3 is 11.1 Å². The third-order valence-electron chi connectivity index (χ3n) is 3.47. The molecule has 0 spiro atoms. The molecule has 0 bridgehead atoms. The van der Waals surface area contributed by atoms with E-state index in [0.717, 1.165) is 12.8 Å². The van der Waals surface area contributed by atoms with Crippen molar-refractivity contribution in [1.29, 1.82) is 0 Å². The van der Waals surface area contributed by atoms with Gasteiger partial charge >= 0.3 is 0 Å². The second kappa shape index (κ2) is 6.55. The number of nitrogens with one attached hydrogen (secondary N) is 1. The average molecular weight is 222 g/mol. The van der Waals surface area contributed by atoms with Crippen LogP contribution >= 0.6 is 0 Å². The average Bonchev–Trinajstić information content (AvgIpc) is 2.30. The molecule has 0 aliphatic heterocycles. The molecule has 0 aromatic carbocycles. The first kappa shape index (κ1) is 13.1. The summed E-state index contributed by atoms with van der Waals surface area (Å²) in [5, 5.41) is 2.85. The van der Waals surface area contributed by atoms with Crippen LogP contribution in [0.25, 0.3) is 0 Å². The van der Waals surface area contributed by atoms with E-state index in [1.54, 1.807) is 0 Å². The van der Waals surface area contributed by atoms with Gasteiger partial charge in [-0.15, -0.1) is 12.3 Å². The molecule has 3 nitrogen and oxygen atoms in total. The van der Waals surface area contributed by atoms with Crippen LogP contribution in [0.1, 0.15) is 44.9 Å². The van der Waals surface area contributed by atoms with E-state index in [-0.39, 0.29) is 11.3 Å². The normalized spacial score (nSPS) is 18.8. The van der Waals surface area contributed by atoms with Gasteiger partial charge in [0.25, 0.3) is 0 Å².